The summed E-state index contributed by atoms with van der Waals surface area (Å²) in [7, 11) is 0. The molecule has 2 N–H and O–H groups in total. The van der Waals surface area contributed by atoms with E-state index < -0.39 is 11.2 Å². The molecule has 1 atom stereocenters. The molecule has 2 aromatic rings. The van der Waals surface area contributed by atoms with Crippen LogP contribution in [0, 0.1) is 6.92 Å². The number of amides is 1. The molecule has 0 saturated carbocycles. The van der Waals surface area contributed by atoms with Crippen LogP contribution in [0.4, 0.5) is 0 Å². The second kappa shape index (κ2) is 8.41. The predicted octanol–water partition coefficient (Wildman–Crippen LogP) is 1.97. The zero-order chi connectivity index (χ0) is 19.2. The van der Waals surface area contributed by atoms with Gasteiger partial charge in [-0.2, -0.15) is 5.10 Å². The Morgan fingerprint density at radius 1 is 1.44 bits per heavy atom. The topological polar surface area (TPSA) is 126 Å². The Kier molecular flexibility index (Phi) is 5.77. The molecule has 0 spiro atoms. The Hall–Kier alpha value is -3.27. The van der Waals surface area contributed by atoms with Crippen molar-refractivity contribution in [1.82, 2.24) is 15.3 Å². The van der Waals surface area contributed by atoms with Gasteiger partial charge in [0, 0.05) is 6.20 Å². The van der Waals surface area contributed by atoms with Crippen LogP contribution in [0.25, 0.3) is 0 Å². The highest BCUT2D eigenvalue weighted by Gasteiger charge is 2.32. The Balaban J connectivity index is 1.64. The fraction of sp³-hybridized carbons (Fsp3) is 0.176. The molecule has 9 nitrogen and oxygen atoms in total. The zero-order valence-electron chi connectivity index (χ0n) is 14.2. The number of carboxylic acid groups (broad SMARTS) is 1. The lowest BCUT2D eigenvalue weighted by atomic mass is 10.2. The van der Waals surface area contributed by atoms with Crippen molar-refractivity contribution in [3.63, 3.8) is 0 Å². The highest BCUT2D eigenvalue weighted by atomic mass is 32.2. The van der Waals surface area contributed by atoms with E-state index in [4.69, 9.17) is 9.84 Å². The van der Waals surface area contributed by atoms with Crippen molar-refractivity contribution in [1.29, 1.82) is 0 Å². The fourth-order valence-electron chi connectivity index (χ4n) is 2.16. The van der Waals surface area contributed by atoms with Crippen LogP contribution in [0.2, 0.25) is 0 Å². The van der Waals surface area contributed by atoms with Gasteiger partial charge in [0.2, 0.25) is 11.8 Å². The smallest absolute Gasteiger partial charge is 0.305 e. The summed E-state index contributed by atoms with van der Waals surface area (Å²) >= 11 is 1.04. The van der Waals surface area contributed by atoms with Gasteiger partial charge in [-0.05, 0) is 24.6 Å². The predicted molar refractivity (Wildman–Crippen MR) is 100 cm³/mol. The highest BCUT2D eigenvalue weighted by molar-refractivity contribution is 8.15. The molecule has 0 radical (unpaired) electrons. The lowest BCUT2D eigenvalue weighted by molar-refractivity contribution is -0.138. The van der Waals surface area contributed by atoms with Crippen LogP contribution >= 0.6 is 11.8 Å². The number of nitrogens with zero attached hydrogens (tertiary/aromatic N) is 4. The van der Waals surface area contributed by atoms with E-state index in [0.29, 0.717) is 11.6 Å². The van der Waals surface area contributed by atoms with Gasteiger partial charge in [-0.15, -0.1) is 5.10 Å². The number of carboxylic acids is 1. The molecular formula is C17H15N5O4S. The lowest BCUT2D eigenvalue weighted by Gasteiger charge is -2.05. The van der Waals surface area contributed by atoms with Crippen molar-refractivity contribution < 1.29 is 19.4 Å². The van der Waals surface area contributed by atoms with E-state index in [0.717, 1.165) is 23.0 Å². The Bertz CT molecular complexity index is 931. The maximum absolute atomic E-state index is 11.6. The Morgan fingerprint density at radius 2 is 2.30 bits per heavy atom. The second-order valence-electron chi connectivity index (χ2n) is 5.52. The average Bonchev–Trinajstić information content (AvgIpc) is 2.94. The Labute approximate surface area is 158 Å². The molecule has 1 aromatic heterocycles. The molecule has 3 rings (SSSR count). The first-order chi connectivity index (χ1) is 13.0. The molecule has 1 aliphatic rings. The summed E-state index contributed by atoms with van der Waals surface area (Å²) in [4.78, 5) is 30.6. The summed E-state index contributed by atoms with van der Waals surface area (Å²) in [6, 6.07) is 7.13. The van der Waals surface area contributed by atoms with Gasteiger partial charge in [0.15, 0.2) is 5.17 Å². The number of hydrogen-bond donors (Lipinski definition) is 2. The average molecular weight is 385 g/mol. The molecule has 1 aliphatic heterocycles. The molecule has 2 heterocycles. The van der Waals surface area contributed by atoms with Crippen molar-refractivity contribution >= 4 is 35.0 Å². The number of amidine groups is 1. The molecule has 1 saturated heterocycles. The van der Waals surface area contributed by atoms with Crippen LogP contribution in [0.15, 0.2) is 46.9 Å². The fourth-order valence-corrected chi connectivity index (χ4v) is 3.08. The molecule has 10 heteroatoms. The van der Waals surface area contributed by atoms with E-state index in [2.05, 4.69) is 25.5 Å². The third-order valence-corrected chi connectivity index (χ3v) is 4.38. The van der Waals surface area contributed by atoms with Crippen molar-refractivity contribution in [3.8, 4) is 11.6 Å². The van der Waals surface area contributed by atoms with Gasteiger partial charge in [-0.1, -0.05) is 23.9 Å². The molecular weight excluding hydrogens is 370 g/mol. The maximum atomic E-state index is 11.6. The molecule has 1 amide bonds. The SMILES string of the molecule is Cc1cncc(Oc2cccc(C=NN=C3NC(=O)C(CC(=O)O)S3)c2)n1. The number of carbonyl (C=O) groups excluding carboxylic acids is 1. The molecule has 0 aliphatic carbocycles. The maximum Gasteiger partial charge on any atom is 0.305 e. The molecule has 1 unspecified atom stereocenters. The van der Waals surface area contributed by atoms with E-state index in [1.165, 1.54) is 12.4 Å². The van der Waals surface area contributed by atoms with E-state index >= 15 is 0 Å². The van der Waals surface area contributed by atoms with E-state index in [1.807, 2.05) is 13.0 Å². The summed E-state index contributed by atoms with van der Waals surface area (Å²) < 4.78 is 5.66. The quantitative estimate of drug-likeness (QED) is 0.575. The van der Waals surface area contributed by atoms with Crippen molar-refractivity contribution in [3.05, 3.63) is 47.9 Å². The van der Waals surface area contributed by atoms with Gasteiger partial charge in [-0.25, -0.2) is 4.98 Å². The molecule has 138 valence electrons. The third kappa shape index (κ3) is 5.35. The van der Waals surface area contributed by atoms with Gasteiger partial charge >= 0.3 is 5.97 Å². The number of ether oxygens (including phenoxy) is 1. The number of rotatable bonds is 6. The van der Waals surface area contributed by atoms with Crippen LogP contribution in [-0.2, 0) is 9.59 Å². The summed E-state index contributed by atoms with van der Waals surface area (Å²) in [5, 5.41) is 18.7. The second-order valence-corrected chi connectivity index (χ2v) is 6.71. The summed E-state index contributed by atoms with van der Waals surface area (Å²) in [6.07, 6.45) is 4.39. The van der Waals surface area contributed by atoms with Gasteiger partial charge in [0.1, 0.15) is 11.0 Å². The first kappa shape index (κ1) is 18.5. The van der Waals surface area contributed by atoms with Crippen LogP contribution in [0.1, 0.15) is 17.7 Å². The number of carbonyl (C=O) groups is 2. The molecule has 27 heavy (non-hydrogen) atoms. The van der Waals surface area contributed by atoms with Gasteiger partial charge in [0.05, 0.1) is 24.5 Å². The van der Waals surface area contributed by atoms with Crippen LogP contribution in [0.5, 0.6) is 11.6 Å². The number of benzene rings is 1. The molecule has 0 bridgehead atoms. The van der Waals surface area contributed by atoms with E-state index in [-0.39, 0.29) is 17.5 Å². The van der Waals surface area contributed by atoms with Gasteiger partial charge in [-0.3, -0.25) is 14.6 Å². The lowest BCUT2D eigenvalue weighted by Crippen LogP contribution is -2.26. The minimum atomic E-state index is -1.04. The van der Waals surface area contributed by atoms with E-state index in [9.17, 15) is 9.59 Å². The van der Waals surface area contributed by atoms with Gasteiger partial charge in [0.25, 0.3) is 0 Å². The highest BCUT2D eigenvalue weighted by Crippen LogP contribution is 2.22. The van der Waals surface area contributed by atoms with Crippen LogP contribution in [0.3, 0.4) is 0 Å². The summed E-state index contributed by atoms with van der Waals surface area (Å²) in [5.41, 5.74) is 1.48. The van der Waals surface area contributed by atoms with Crippen molar-refractivity contribution in [2.75, 3.05) is 0 Å². The standard InChI is InChI=1S/C17H15N5O4S/c1-10-7-18-9-14(20-10)26-12-4-2-3-11(5-12)8-19-22-17-21-16(25)13(27-17)6-15(23)24/h2-5,7-9,13H,6H2,1H3,(H,23,24)(H,21,22,25). The summed E-state index contributed by atoms with van der Waals surface area (Å²) in [6.45, 7) is 1.82. The number of nitrogens with one attached hydrogen (secondary N) is 1. The van der Waals surface area contributed by atoms with Crippen LogP contribution < -0.4 is 10.1 Å². The number of hydrogen-bond acceptors (Lipinski definition) is 8. The Morgan fingerprint density at radius 3 is 3.07 bits per heavy atom. The minimum Gasteiger partial charge on any atom is -0.481 e. The summed E-state index contributed by atoms with van der Waals surface area (Å²) in [5.74, 6) is -0.469. The zero-order valence-corrected chi connectivity index (χ0v) is 15.0. The van der Waals surface area contributed by atoms with Gasteiger partial charge < -0.3 is 15.2 Å². The molecule has 1 aromatic carbocycles. The monoisotopic (exact) mass is 385 g/mol. The molecule has 1 fully saturated rings. The largest absolute Gasteiger partial charge is 0.481 e. The normalized spacial score (nSPS) is 18.0. The third-order valence-electron chi connectivity index (χ3n) is 3.31. The van der Waals surface area contributed by atoms with Crippen molar-refractivity contribution in [2.24, 2.45) is 10.2 Å². The first-order valence-electron chi connectivity index (χ1n) is 7.86. The number of thioether (sulfide) groups is 1. The number of aromatic nitrogens is 2. The minimum absolute atomic E-state index is 0.263. The van der Waals surface area contributed by atoms with E-state index in [1.54, 1.807) is 24.4 Å². The first-order valence-corrected chi connectivity index (χ1v) is 8.74. The van der Waals surface area contributed by atoms with Crippen molar-refractivity contribution in [2.45, 2.75) is 18.6 Å². The number of aliphatic carboxylic acids is 1. The number of aryl methyl sites for hydroxylation is 1. The van der Waals surface area contributed by atoms with Crippen LogP contribution in [-0.4, -0.2) is 43.6 Å².